The Bertz CT molecular complexity index is 1550. The summed E-state index contributed by atoms with van der Waals surface area (Å²) in [6.07, 6.45) is 9.18. The Balaban J connectivity index is 1.16. The number of anilines is 1. The van der Waals surface area contributed by atoms with Crippen LogP contribution in [0.5, 0.6) is 0 Å². The number of nitriles is 1. The molecular formula is C39H55N9O2. The van der Waals surface area contributed by atoms with Crippen LogP contribution in [-0.4, -0.2) is 126 Å². The van der Waals surface area contributed by atoms with Crippen molar-refractivity contribution < 1.29 is 9.59 Å². The van der Waals surface area contributed by atoms with Gasteiger partial charge in [0.1, 0.15) is 6.04 Å². The van der Waals surface area contributed by atoms with Gasteiger partial charge in [0.2, 0.25) is 11.9 Å². The molecule has 0 bridgehead atoms. The zero-order chi connectivity index (χ0) is 35.0. The van der Waals surface area contributed by atoms with Crippen LogP contribution in [0.15, 0.2) is 47.5 Å². The van der Waals surface area contributed by atoms with E-state index in [0.717, 1.165) is 75.1 Å². The molecule has 3 fully saturated rings. The van der Waals surface area contributed by atoms with Crippen LogP contribution < -0.4 is 10.6 Å². The van der Waals surface area contributed by atoms with Crippen LogP contribution in [0.3, 0.4) is 0 Å². The van der Waals surface area contributed by atoms with E-state index in [1.807, 2.05) is 28.0 Å². The van der Waals surface area contributed by atoms with Gasteiger partial charge < -0.3 is 24.9 Å². The van der Waals surface area contributed by atoms with Gasteiger partial charge in [0, 0.05) is 70.0 Å². The molecule has 0 unspecified atom stereocenters. The van der Waals surface area contributed by atoms with Crippen LogP contribution in [0.4, 0.5) is 10.5 Å². The van der Waals surface area contributed by atoms with E-state index in [9.17, 15) is 14.9 Å². The third-order valence-corrected chi connectivity index (χ3v) is 11.4. The number of carbonyl (C=O) groups is 2. The van der Waals surface area contributed by atoms with Crippen molar-refractivity contribution >= 4 is 23.6 Å². The molecule has 0 radical (unpaired) electrons. The first-order chi connectivity index (χ1) is 24.4. The van der Waals surface area contributed by atoms with Gasteiger partial charge in [0.05, 0.1) is 0 Å². The van der Waals surface area contributed by atoms with Crippen LogP contribution in [0.1, 0.15) is 61.8 Å². The van der Waals surface area contributed by atoms with Gasteiger partial charge in [-0.2, -0.15) is 5.26 Å². The van der Waals surface area contributed by atoms with Gasteiger partial charge >= 0.3 is 6.03 Å². The molecule has 6 rings (SSSR count). The molecule has 268 valence electrons. The molecule has 4 heterocycles. The van der Waals surface area contributed by atoms with E-state index in [4.69, 9.17) is 4.99 Å². The summed E-state index contributed by atoms with van der Waals surface area (Å²) in [6.45, 7) is 11.7. The lowest BCUT2D eigenvalue weighted by atomic mass is 9.96. The number of piperidine rings is 2. The summed E-state index contributed by atoms with van der Waals surface area (Å²) >= 11 is 0. The van der Waals surface area contributed by atoms with Crippen molar-refractivity contribution in [2.75, 3.05) is 71.3 Å². The predicted octanol–water partition coefficient (Wildman–Crippen LogP) is 3.94. The lowest BCUT2D eigenvalue weighted by Gasteiger charge is -2.42. The van der Waals surface area contributed by atoms with Crippen molar-refractivity contribution in [3.8, 4) is 6.19 Å². The van der Waals surface area contributed by atoms with Gasteiger partial charge in [-0.1, -0.05) is 50.2 Å². The van der Waals surface area contributed by atoms with E-state index in [-0.39, 0.29) is 18.0 Å². The molecule has 2 aromatic carbocycles. The first-order valence-electron chi connectivity index (χ1n) is 18.8. The quantitative estimate of drug-likeness (QED) is 0.188. The van der Waals surface area contributed by atoms with Crippen LogP contribution in [0.25, 0.3) is 0 Å². The monoisotopic (exact) mass is 681 g/mol. The molecule has 2 aromatic rings. The highest BCUT2D eigenvalue weighted by atomic mass is 16.2. The summed E-state index contributed by atoms with van der Waals surface area (Å²) < 4.78 is 0. The summed E-state index contributed by atoms with van der Waals surface area (Å²) in [4.78, 5) is 43.7. The number of hydrogen-bond acceptors (Lipinski definition) is 6. The number of aryl methyl sites for hydroxylation is 2. The molecule has 11 nitrogen and oxygen atoms in total. The molecule has 3 amide bonds. The number of para-hydroxylation sites is 1. The molecule has 0 aromatic heterocycles. The number of aliphatic imine (C=N–C) groups is 1. The zero-order valence-corrected chi connectivity index (χ0v) is 30.2. The number of piperazine rings is 1. The van der Waals surface area contributed by atoms with Gasteiger partial charge in [-0.25, -0.2) is 9.79 Å². The number of carbonyl (C=O) groups excluding carboxylic acids is 2. The molecular weight excluding hydrogens is 626 g/mol. The Labute approximate surface area is 298 Å². The molecule has 0 spiro atoms. The fourth-order valence-corrected chi connectivity index (χ4v) is 8.29. The molecule has 2 N–H and O–H groups in total. The van der Waals surface area contributed by atoms with E-state index in [1.165, 1.54) is 24.0 Å². The number of nitrogens with one attached hydrogen (secondary N) is 2. The summed E-state index contributed by atoms with van der Waals surface area (Å²) in [5, 5.41) is 15.8. The molecule has 4 aliphatic rings. The number of fused-ring (bicyclic) bond motifs is 1. The normalized spacial score (nSPS) is 20.9. The van der Waals surface area contributed by atoms with Crippen molar-refractivity contribution in [1.82, 2.24) is 29.8 Å². The van der Waals surface area contributed by atoms with E-state index in [2.05, 4.69) is 76.7 Å². The summed E-state index contributed by atoms with van der Waals surface area (Å²) in [7, 11) is 2.19. The van der Waals surface area contributed by atoms with E-state index in [1.54, 1.807) is 0 Å². The Morgan fingerprint density at radius 2 is 1.60 bits per heavy atom. The lowest BCUT2D eigenvalue weighted by molar-refractivity contribution is -0.134. The van der Waals surface area contributed by atoms with Crippen LogP contribution in [-0.2, 0) is 30.5 Å². The maximum Gasteiger partial charge on any atom is 0.322 e. The number of urea groups is 1. The van der Waals surface area contributed by atoms with E-state index >= 15 is 0 Å². The van der Waals surface area contributed by atoms with Gasteiger partial charge in [0.25, 0.3) is 0 Å². The summed E-state index contributed by atoms with van der Waals surface area (Å²) in [5.74, 6) is 0.474. The number of hydrogen-bond donors (Lipinski definition) is 2. The molecule has 1 atom stereocenters. The molecule has 11 heteroatoms. The van der Waals surface area contributed by atoms with Crippen LogP contribution in [0.2, 0.25) is 0 Å². The first-order valence-corrected chi connectivity index (χ1v) is 18.8. The highest BCUT2D eigenvalue weighted by molar-refractivity contribution is 5.91. The second-order valence-electron chi connectivity index (χ2n) is 14.4. The third-order valence-electron chi connectivity index (χ3n) is 11.4. The molecule has 0 saturated carbocycles. The number of likely N-dealkylation sites (tertiary alicyclic amines) is 2. The lowest BCUT2D eigenvalue weighted by Crippen LogP contribution is -2.56. The SMILES string of the molecule is CCc1ccc(C[C@@H](N=C(NC#N)N2CCC(N3CCc4ccccc4NC3=O)CC2)C(=O)N2CCN(C3CCN(C)CC3)CC2)cc1CC. The molecule has 4 aliphatic heterocycles. The van der Waals surface area contributed by atoms with E-state index in [0.29, 0.717) is 51.1 Å². The Hall–Kier alpha value is -4.14. The topological polar surface area (TPSA) is 111 Å². The third kappa shape index (κ3) is 8.41. The molecule has 3 saturated heterocycles. The second-order valence-corrected chi connectivity index (χ2v) is 14.4. The Morgan fingerprint density at radius 1 is 0.900 bits per heavy atom. The fraction of sp³-hybridized carbons (Fsp3) is 0.590. The minimum Gasteiger partial charge on any atom is -0.342 e. The molecule has 0 aliphatic carbocycles. The second kappa shape index (κ2) is 16.7. The highest BCUT2D eigenvalue weighted by Gasteiger charge is 2.34. The number of benzene rings is 2. The van der Waals surface area contributed by atoms with Gasteiger partial charge in [-0.15, -0.1) is 0 Å². The average Bonchev–Trinajstić information content (AvgIpc) is 3.32. The largest absolute Gasteiger partial charge is 0.342 e. The van der Waals surface area contributed by atoms with Gasteiger partial charge in [-0.3, -0.25) is 15.0 Å². The standard InChI is InChI=1S/C39H55N9O2/c1-4-30-11-10-29(26-31(30)5-2)27-36(37(49)46-24-22-45(23-25-46)33-13-17-44(3)18-14-33)42-38(41-28-40)47-19-15-34(16-20-47)48-21-12-32-8-6-7-9-35(32)43-39(48)50/h6-11,26,33-34,36H,4-5,12-25,27H2,1-3H3,(H,41,42)(H,43,50)/t36-/m1/s1. The first kappa shape index (κ1) is 35.7. The number of guanidine groups is 1. The highest BCUT2D eigenvalue weighted by Crippen LogP contribution is 2.25. The average molecular weight is 682 g/mol. The van der Waals surface area contributed by atoms with Crippen molar-refractivity contribution in [1.29, 1.82) is 5.26 Å². The maximum absolute atomic E-state index is 14.4. The van der Waals surface area contributed by atoms with Crippen molar-refractivity contribution in [3.05, 3.63) is 64.7 Å². The van der Waals surface area contributed by atoms with Crippen molar-refractivity contribution in [2.24, 2.45) is 4.99 Å². The van der Waals surface area contributed by atoms with Crippen LogP contribution in [0, 0.1) is 11.5 Å². The zero-order valence-electron chi connectivity index (χ0n) is 30.2. The van der Waals surface area contributed by atoms with Crippen molar-refractivity contribution in [3.63, 3.8) is 0 Å². The van der Waals surface area contributed by atoms with Gasteiger partial charge in [0.15, 0.2) is 6.19 Å². The van der Waals surface area contributed by atoms with Crippen molar-refractivity contribution in [2.45, 2.75) is 83.3 Å². The predicted molar refractivity (Wildman–Crippen MR) is 198 cm³/mol. The van der Waals surface area contributed by atoms with Crippen LogP contribution >= 0.6 is 0 Å². The Morgan fingerprint density at radius 3 is 2.30 bits per heavy atom. The Kier molecular flexibility index (Phi) is 11.9. The maximum atomic E-state index is 14.4. The minimum atomic E-state index is -0.648. The minimum absolute atomic E-state index is 0.0265. The number of amides is 3. The smallest absolute Gasteiger partial charge is 0.322 e. The number of nitrogens with zero attached hydrogens (tertiary/aromatic N) is 7. The summed E-state index contributed by atoms with van der Waals surface area (Å²) in [5.41, 5.74) is 5.78. The van der Waals surface area contributed by atoms with Gasteiger partial charge in [-0.05, 0) is 93.4 Å². The fourth-order valence-electron chi connectivity index (χ4n) is 8.29. The number of rotatable bonds is 8. The summed E-state index contributed by atoms with van der Waals surface area (Å²) in [6, 6.07) is 14.5. The van der Waals surface area contributed by atoms with E-state index < -0.39 is 6.04 Å². The molecule has 50 heavy (non-hydrogen) atoms.